The summed E-state index contributed by atoms with van der Waals surface area (Å²) < 4.78 is -0.785. The van der Waals surface area contributed by atoms with E-state index in [9.17, 15) is 0 Å². The molecule has 0 spiro atoms. The first kappa shape index (κ1) is 7.54. The minimum Gasteiger partial charge on any atom is -0.0886 e. The van der Waals surface area contributed by atoms with Crippen LogP contribution in [0.5, 0.6) is 0 Å². The molecule has 0 saturated heterocycles. The third kappa shape index (κ3) is 5.54. The second-order valence-electron chi connectivity index (χ2n) is 0.749. The molecule has 0 aliphatic heterocycles. The molecule has 6 heavy (non-hydrogen) atoms. The van der Waals surface area contributed by atoms with Crippen molar-refractivity contribution >= 4 is 55.1 Å². The van der Waals surface area contributed by atoms with E-state index in [2.05, 4.69) is 31.9 Å². The molecule has 0 heterocycles. The molecule has 38 valence electrons. The number of hydrogen-bond acceptors (Lipinski definition) is 0. The summed E-state index contributed by atoms with van der Waals surface area (Å²) in [4.78, 5) is 0. The van der Waals surface area contributed by atoms with Crippen LogP contribution < -0.4 is 0 Å². The molecule has 0 atom stereocenters. The summed E-state index contributed by atoms with van der Waals surface area (Å²) in [6.07, 6.45) is 0. The van der Waals surface area contributed by atoms with Gasteiger partial charge < -0.3 is 0 Å². The molecule has 0 nitrogen and oxygen atoms in total. The van der Waals surface area contributed by atoms with E-state index in [0.717, 1.165) is 0 Å². The fourth-order valence-electron chi connectivity index (χ4n) is 0. The molecule has 0 aliphatic carbocycles. The van der Waals surface area contributed by atoms with Crippen LogP contribution in [0.3, 0.4) is 0 Å². The highest BCUT2D eigenvalue weighted by atomic mass is 79.9. The molecule has 0 rings (SSSR count). The lowest BCUT2D eigenvalue weighted by molar-refractivity contribution is 1.36. The zero-order valence-corrected chi connectivity index (χ0v) is 7.40. The lowest BCUT2D eigenvalue weighted by Gasteiger charge is -2.01. The number of hydrogen-bond donors (Lipinski definition) is 0. The summed E-state index contributed by atoms with van der Waals surface area (Å²) in [5, 5.41) is 0.531. The fourth-order valence-corrected chi connectivity index (χ4v) is 0. The smallest absolute Gasteiger partial charge is 0.0886 e. The van der Waals surface area contributed by atoms with Crippen LogP contribution in [0.25, 0.3) is 0 Å². The van der Waals surface area contributed by atoms with Gasteiger partial charge >= 0.3 is 0 Å². The van der Waals surface area contributed by atoms with Crippen LogP contribution >= 0.6 is 55.1 Å². The third-order valence-corrected chi connectivity index (χ3v) is 2.94. The quantitative estimate of drug-likeness (QED) is 0.633. The summed E-state index contributed by atoms with van der Waals surface area (Å²) >= 11 is 16.7. The highest BCUT2D eigenvalue weighted by molar-refractivity contribution is 9.13. The second kappa shape index (κ2) is 2.75. The average Bonchev–Trinajstić information content (AvgIpc) is 1.35. The topological polar surface area (TPSA) is 0 Å². The Kier molecular flexibility index (Phi) is 3.46. The standard InChI is InChI=1S/C2H2Br2Cl2/c3-1-2(4,5)6/h1H2. The lowest BCUT2D eigenvalue weighted by atomic mass is 11.0. The average molecular weight is 257 g/mol. The molecular formula is C2H2Br2Cl2. The van der Waals surface area contributed by atoms with E-state index < -0.39 is 3.24 Å². The van der Waals surface area contributed by atoms with Gasteiger partial charge in [-0.2, -0.15) is 0 Å². The SMILES string of the molecule is ClC(Cl)(Br)CBr. The summed E-state index contributed by atoms with van der Waals surface area (Å²) in [5.41, 5.74) is 0. The van der Waals surface area contributed by atoms with E-state index in [1.54, 1.807) is 0 Å². The molecule has 0 aromatic heterocycles. The molecule has 0 N–H and O–H groups in total. The molecule has 4 heteroatoms. The predicted octanol–water partition coefficient (Wildman–Crippen LogP) is 2.91. The Labute approximate surface area is 63.4 Å². The van der Waals surface area contributed by atoms with E-state index >= 15 is 0 Å². The Morgan fingerprint density at radius 2 is 1.67 bits per heavy atom. The summed E-state index contributed by atoms with van der Waals surface area (Å²) in [5.74, 6) is 0. The molecule has 0 aromatic carbocycles. The minimum absolute atomic E-state index is 0.531. The number of halogens is 4. The van der Waals surface area contributed by atoms with Gasteiger partial charge in [-0.25, -0.2) is 0 Å². The molecular weight excluding hydrogens is 255 g/mol. The lowest BCUT2D eigenvalue weighted by Crippen LogP contribution is -1.99. The molecule has 0 saturated carbocycles. The van der Waals surface area contributed by atoms with Gasteiger partial charge in [-0.15, -0.1) is 0 Å². The second-order valence-corrected chi connectivity index (χ2v) is 5.06. The van der Waals surface area contributed by atoms with Gasteiger partial charge in [-0.05, 0) is 15.9 Å². The van der Waals surface area contributed by atoms with Crippen LogP contribution in [0.15, 0.2) is 0 Å². The van der Waals surface area contributed by atoms with Gasteiger partial charge in [0.25, 0.3) is 0 Å². The van der Waals surface area contributed by atoms with Gasteiger partial charge in [0.2, 0.25) is 0 Å². The Morgan fingerprint density at radius 1 is 1.50 bits per heavy atom. The van der Waals surface area contributed by atoms with Crippen molar-refractivity contribution in [2.45, 2.75) is 3.24 Å². The van der Waals surface area contributed by atoms with Crippen LogP contribution in [0.1, 0.15) is 0 Å². The first-order valence-corrected chi connectivity index (χ1v) is 3.86. The zero-order chi connectivity index (χ0) is 5.21. The van der Waals surface area contributed by atoms with Crippen LogP contribution in [-0.4, -0.2) is 8.57 Å². The van der Waals surface area contributed by atoms with Gasteiger partial charge in [0.05, 0.1) is 0 Å². The van der Waals surface area contributed by atoms with Crippen molar-refractivity contribution in [2.75, 3.05) is 5.33 Å². The van der Waals surface area contributed by atoms with E-state index in [-0.39, 0.29) is 0 Å². The van der Waals surface area contributed by atoms with Crippen LogP contribution in [0.4, 0.5) is 0 Å². The molecule has 0 fully saturated rings. The first-order valence-electron chi connectivity index (χ1n) is 1.19. The fraction of sp³-hybridized carbons (Fsp3) is 1.00. The largest absolute Gasteiger partial charge is 0.181 e. The Morgan fingerprint density at radius 3 is 1.67 bits per heavy atom. The molecule has 0 unspecified atom stereocenters. The maximum atomic E-state index is 5.35. The molecule has 0 aromatic rings. The van der Waals surface area contributed by atoms with Crippen molar-refractivity contribution in [3.63, 3.8) is 0 Å². The van der Waals surface area contributed by atoms with Crippen molar-refractivity contribution in [2.24, 2.45) is 0 Å². The van der Waals surface area contributed by atoms with Crippen LogP contribution in [0.2, 0.25) is 0 Å². The van der Waals surface area contributed by atoms with Crippen molar-refractivity contribution in [3.8, 4) is 0 Å². The van der Waals surface area contributed by atoms with E-state index in [1.807, 2.05) is 0 Å². The van der Waals surface area contributed by atoms with Gasteiger partial charge in [0.15, 0.2) is 3.24 Å². The highest BCUT2D eigenvalue weighted by Gasteiger charge is 2.14. The van der Waals surface area contributed by atoms with Crippen molar-refractivity contribution in [1.82, 2.24) is 0 Å². The van der Waals surface area contributed by atoms with E-state index in [4.69, 9.17) is 23.2 Å². The minimum atomic E-state index is -0.785. The van der Waals surface area contributed by atoms with Gasteiger partial charge in [0.1, 0.15) is 0 Å². The third-order valence-electron chi connectivity index (χ3n) is 0.152. The van der Waals surface area contributed by atoms with Crippen molar-refractivity contribution in [1.29, 1.82) is 0 Å². The highest BCUT2D eigenvalue weighted by Crippen LogP contribution is 2.29. The van der Waals surface area contributed by atoms with Gasteiger partial charge in [-0.3, -0.25) is 0 Å². The first-order chi connectivity index (χ1) is 2.56. The molecule has 0 aliphatic rings. The van der Waals surface area contributed by atoms with E-state index in [0.29, 0.717) is 5.33 Å². The molecule has 0 amide bonds. The number of rotatable bonds is 1. The Hall–Kier alpha value is 1.54. The Balaban J connectivity index is 3.17. The van der Waals surface area contributed by atoms with Crippen LogP contribution in [-0.2, 0) is 0 Å². The maximum Gasteiger partial charge on any atom is 0.181 e. The summed E-state index contributed by atoms with van der Waals surface area (Å²) in [6.45, 7) is 0. The van der Waals surface area contributed by atoms with Crippen molar-refractivity contribution < 1.29 is 0 Å². The van der Waals surface area contributed by atoms with Crippen molar-refractivity contribution in [3.05, 3.63) is 0 Å². The summed E-state index contributed by atoms with van der Waals surface area (Å²) in [6, 6.07) is 0. The molecule has 0 radical (unpaired) electrons. The monoisotopic (exact) mass is 254 g/mol. The van der Waals surface area contributed by atoms with Gasteiger partial charge in [-0.1, -0.05) is 39.1 Å². The normalized spacial score (nSPS) is 12.0. The maximum absolute atomic E-state index is 5.35. The zero-order valence-electron chi connectivity index (χ0n) is 2.72. The Bertz CT molecular complexity index is 39.3. The number of alkyl halides is 4. The molecule has 0 bridgehead atoms. The van der Waals surface area contributed by atoms with Gasteiger partial charge in [0, 0.05) is 5.33 Å². The predicted molar refractivity (Wildman–Crippen MR) is 37.2 cm³/mol. The van der Waals surface area contributed by atoms with Crippen LogP contribution in [0, 0.1) is 0 Å². The van der Waals surface area contributed by atoms with E-state index in [1.165, 1.54) is 0 Å². The summed E-state index contributed by atoms with van der Waals surface area (Å²) in [7, 11) is 0.